The molecule has 1 N–H and O–H groups in total. The van der Waals surface area contributed by atoms with Gasteiger partial charge in [0.15, 0.2) is 0 Å². The summed E-state index contributed by atoms with van der Waals surface area (Å²) in [7, 11) is -2.36. The highest BCUT2D eigenvalue weighted by molar-refractivity contribution is 7.89. The van der Waals surface area contributed by atoms with Crippen LogP contribution >= 0.6 is 0 Å². The quantitative estimate of drug-likeness (QED) is 0.838. The van der Waals surface area contributed by atoms with Crippen LogP contribution in [-0.4, -0.2) is 28.0 Å². The third-order valence-electron chi connectivity index (χ3n) is 4.18. The molecule has 0 aromatic heterocycles. The van der Waals surface area contributed by atoms with Crippen LogP contribution in [0.4, 0.5) is 10.1 Å². The van der Waals surface area contributed by atoms with Crippen molar-refractivity contribution >= 4 is 21.6 Å². The van der Waals surface area contributed by atoms with Crippen molar-refractivity contribution in [1.82, 2.24) is 4.72 Å². The van der Waals surface area contributed by atoms with Crippen LogP contribution < -0.4 is 14.4 Å². The highest BCUT2D eigenvalue weighted by atomic mass is 32.2. The van der Waals surface area contributed by atoms with Gasteiger partial charge in [0.2, 0.25) is 15.9 Å². The van der Waals surface area contributed by atoms with E-state index in [1.165, 1.54) is 48.4 Å². The van der Waals surface area contributed by atoms with E-state index in [0.29, 0.717) is 30.0 Å². The van der Waals surface area contributed by atoms with Gasteiger partial charge in [-0.3, -0.25) is 4.79 Å². The van der Waals surface area contributed by atoms with Crippen molar-refractivity contribution in [3.05, 3.63) is 53.8 Å². The first kappa shape index (κ1) is 18.3. The largest absolute Gasteiger partial charge is 0.495 e. The molecular weight excluding hydrogens is 359 g/mol. The summed E-state index contributed by atoms with van der Waals surface area (Å²) in [5.74, 6) is -0.0594. The number of hydrogen-bond acceptors (Lipinski definition) is 4. The average Bonchev–Trinajstić information content (AvgIpc) is 3.05. The molecule has 0 saturated carbocycles. The monoisotopic (exact) mass is 378 g/mol. The summed E-state index contributed by atoms with van der Waals surface area (Å²) in [6.45, 7) is 0.486. The second-order valence-electron chi connectivity index (χ2n) is 5.94. The molecule has 138 valence electrons. The minimum atomic E-state index is -3.83. The summed E-state index contributed by atoms with van der Waals surface area (Å²) in [6.07, 6.45) is 1.15. The van der Waals surface area contributed by atoms with Gasteiger partial charge >= 0.3 is 0 Å². The van der Waals surface area contributed by atoms with Crippen LogP contribution in [0.2, 0.25) is 0 Å². The van der Waals surface area contributed by atoms with Crippen LogP contribution in [0.15, 0.2) is 47.4 Å². The smallest absolute Gasteiger partial charge is 0.240 e. The molecule has 1 saturated heterocycles. The van der Waals surface area contributed by atoms with Gasteiger partial charge in [-0.25, -0.2) is 17.5 Å². The van der Waals surface area contributed by atoms with Crippen LogP contribution in [-0.2, 0) is 21.4 Å². The van der Waals surface area contributed by atoms with Crippen molar-refractivity contribution < 1.29 is 22.3 Å². The number of ether oxygens (including phenoxy) is 1. The maximum atomic E-state index is 13.2. The minimum Gasteiger partial charge on any atom is -0.495 e. The molecule has 2 aromatic rings. The highest BCUT2D eigenvalue weighted by Crippen LogP contribution is 2.33. The molecule has 6 nitrogen and oxygen atoms in total. The number of amides is 1. The van der Waals surface area contributed by atoms with E-state index in [9.17, 15) is 17.6 Å². The topological polar surface area (TPSA) is 75.7 Å². The number of nitrogens with one attached hydrogen (secondary N) is 1. The van der Waals surface area contributed by atoms with Crippen molar-refractivity contribution in [2.45, 2.75) is 24.3 Å². The Balaban J connectivity index is 1.86. The number of benzene rings is 2. The Morgan fingerprint density at radius 2 is 2.04 bits per heavy atom. The number of hydrogen-bond donors (Lipinski definition) is 1. The number of methoxy groups -OCH3 is 1. The lowest BCUT2D eigenvalue weighted by Gasteiger charge is -2.20. The maximum Gasteiger partial charge on any atom is 0.240 e. The maximum absolute atomic E-state index is 13.2. The van der Waals surface area contributed by atoms with Gasteiger partial charge in [0, 0.05) is 19.5 Å². The minimum absolute atomic E-state index is 0.0180. The Hall–Kier alpha value is -2.45. The molecule has 1 amide bonds. The molecule has 1 aliphatic rings. The fraction of sp³-hybridized carbons (Fsp3) is 0.278. The molecule has 0 aliphatic carbocycles. The molecular formula is C18H19FN2O4S. The van der Waals surface area contributed by atoms with E-state index in [0.717, 1.165) is 6.42 Å². The van der Waals surface area contributed by atoms with Crippen LogP contribution in [0, 0.1) is 5.82 Å². The summed E-state index contributed by atoms with van der Waals surface area (Å²) >= 11 is 0. The number of nitrogens with zero attached hydrogens (tertiary/aromatic N) is 1. The van der Waals surface area contributed by atoms with Gasteiger partial charge in [-0.2, -0.15) is 0 Å². The average molecular weight is 378 g/mol. The van der Waals surface area contributed by atoms with Gasteiger partial charge in [0.25, 0.3) is 0 Å². The lowest BCUT2D eigenvalue weighted by molar-refractivity contribution is -0.117. The number of sulfonamides is 1. The molecule has 0 atom stereocenters. The molecule has 8 heteroatoms. The third-order valence-corrected chi connectivity index (χ3v) is 5.58. The molecule has 0 bridgehead atoms. The number of carbonyl (C=O) groups is 1. The summed E-state index contributed by atoms with van der Waals surface area (Å²) in [5.41, 5.74) is 0.945. The second kappa shape index (κ2) is 7.43. The fourth-order valence-electron chi connectivity index (χ4n) is 2.86. The van der Waals surface area contributed by atoms with E-state index >= 15 is 0 Å². The van der Waals surface area contributed by atoms with Crippen LogP contribution in [0.5, 0.6) is 5.75 Å². The first-order valence-corrected chi connectivity index (χ1v) is 9.61. The number of halogens is 1. The normalized spacial score (nSPS) is 14.7. The lowest BCUT2D eigenvalue weighted by atomic mass is 10.2. The third kappa shape index (κ3) is 3.86. The Kier molecular flexibility index (Phi) is 5.24. The van der Waals surface area contributed by atoms with Gasteiger partial charge in [-0.15, -0.1) is 0 Å². The predicted octanol–water partition coefficient (Wildman–Crippen LogP) is 2.44. The zero-order valence-electron chi connectivity index (χ0n) is 14.2. The SMILES string of the molecule is COc1ccc(S(=O)(=O)NCc2cccc(F)c2)cc1N1CCCC1=O. The first-order valence-electron chi connectivity index (χ1n) is 8.13. The van der Waals surface area contributed by atoms with Crippen molar-refractivity contribution in [2.24, 2.45) is 0 Å². The van der Waals surface area contributed by atoms with Gasteiger partial charge in [-0.05, 0) is 42.3 Å². The predicted molar refractivity (Wildman–Crippen MR) is 95.0 cm³/mol. The van der Waals surface area contributed by atoms with E-state index in [1.54, 1.807) is 6.07 Å². The van der Waals surface area contributed by atoms with Crippen molar-refractivity contribution in [3.63, 3.8) is 0 Å². The van der Waals surface area contributed by atoms with Crippen molar-refractivity contribution in [1.29, 1.82) is 0 Å². The van der Waals surface area contributed by atoms with Crippen LogP contribution in [0.25, 0.3) is 0 Å². The Labute approximate surface area is 151 Å². The molecule has 0 unspecified atom stereocenters. The highest BCUT2D eigenvalue weighted by Gasteiger charge is 2.26. The van der Waals surface area contributed by atoms with E-state index in [2.05, 4.69) is 4.72 Å². The summed E-state index contributed by atoms with van der Waals surface area (Å²) in [6, 6.07) is 10.1. The van der Waals surface area contributed by atoms with Gasteiger partial charge in [0.05, 0.1) is 17.7 Å². The summed E-state index contributed by atoms with van der Waals surface area (Å²) in [4.78, 5) is 13.6. The van der Waals surface area contributed by atoms with Crippen molar-refractivity contribution in [3.8, 4) is 5.75 Å². The van der Waals surface area contributed by atoms with Crippen molar-refractivity contribution in [2.75, 3.05) is 18.6 Å². The van der Waals surface area contributed by atoms with E-state index in [1.807, 2.05) is 0 Å². The number of carbonyl (C=O) groups excluding carboxylic acids is 1. The molecule has 1 aliphatic heterocycles. The molecule has 2 aromatic carbocycles. The molecule has 1 fully saturated rings. The lowest BCUT2D eigenvalue weighted by Crippen LogP contribution is -2.26. The zero-order chi connectivity index (χ0) is 18.7. The van der Waals surface area contributed by atoms with Gasteiger partial charge in [-0.1, -0.05) is 12.1 Å². The zero-order valence-corrected chi connectivity index (χ0v) is 15.1. The molecule has 1 heterocycles. The first-order chi connectivity index (χ1) is 12.4. The molecule has 0 spiro atoms. The Morgan fingerprint density at radius 1 is 1.23 bits per heavy atom. The molecule has 26 heavy (non-hydrogen) atoms. The summed E-state index contributed by atoms with van der Waals surface area (Å²) < 4.78 is 46.1. The van der Waals surface area contributed by atoms with E-state index < -0.39 is 15.8 Å². The van der Waals surface area contributed by atoms with E-state index in [4.69, 9.17) is 4.74 Å². The van der Waals surface area contributed by atoms with Gasteiger partial charge in [0.1, 0.15) is 11.6 Å². The number of anilines is 1. The van der Waals surface area contributed by atoms with Gasteiger partial charge < -0.3 is 9.64 Å². The van der Waals surface area contributed by atoms with Crippen LogP contribution in [0.1, 0.15) is 18.4 Å². The molecule has 3 rings (SSSR count). The second-order valence-corrected chi connectivity index (χ2v) is 7.70. The Morgan fingerprint density at radius 3 is 2.69 bits per heavy atom. The standard InChI is InChI=1S/C18H19FN2O4S/c1-25-17-8-7-15(11-16(17)21-9-3-6-18(21)22)26(23,24)20-12-13-4-2-5-14(19)10-13/h2,4-5,7-8,10-11,20H,3,6,9,12H2,1H3. The molecule has 0 radical (unpaired) electrons. The Bertz CT molecular complexity index is 931. The fourth-order valence-corrected chi connectivity index (χ4v) is 3.90. The summed E-state index contributed by atoms with van der Waals surface area (Å²) in [5, 5.41) is 0. The van der Waals surface area contributed by atoms with Crippen LogP contribution in [0.3, 0.4) is 0 Å². The number of rotatable bonds is 6. The van der Waals surface area contributed by atoms with E-state index in [-0.39, 0.29) is 17.3 Å².